The summed E-state index contributed by atoms with van der Waals surface area (Å²) in [5.74, 6) is 0.0584. The summed E-state index contributed by atoms with van der Waals surface area (Å²) in [6.07, 6.45) is 4.11. The van der Waals surface area contributed by atoms with Crippen LogP contribution in [0.15, 0.2) is 24.4 Å². The van der Waals surface area contributed by atoms with Gasteiger partial charge in [-0.1, -0.05) is 6.07 Å². The minimum Gasteiger partial charge on any atom is -0.335 e. The Kier molecular flexibility index (Phi) is 2.58. The molecule has 0 unspecified atom stereocenters. The van der Waals surface area contributed by atoms with Crippen LogP contribution in [0.3, 0.4) is 0 Å². The average molecular weight is 243 g/mol. The number of nitrogens with zero attached hydrogens (tertiary/aromatic N) is 3. The molecular formula is C14H17N3O. The van der Waals surface area contributed by atoms with Crippen molar-refractivity contribution in [3.8, 4) is 0 Å². The Morgan fingerprint density at radius 2 is 2.28 bits per heavy atom. The molecule has 1 fully saturated rings. The Balaban J connectivity index is 1.98. The molecule has 0 aromatic carbocycles. The van der Waals surface area contributed by atoms with Gasteiger partial charge in [0, 0.05) is 24.5 Å². The SMILES string of the molecule is CCN(C(=O)c1cn2c(C)cccc2n1)C1CC1. The first kappa shape index (κ1) is 11.3. The highest BCUT2D eigenvalue weighted by Gasteiger charge is 2.32. The molecule has 2 aromatic heterocycles. The lowest BCUT2D eigenvalue weighted by Gasteiger charge is -2.18. The third-order valence-electron chi connectivity index (χ3n) is 3.50. The van der Waals surface area contributed by atoms with E-state index in [9.17, 15) is 4.79 Å². The zero-order valence-corrected chi connectivity index (χ0v) is 10.8. The first-order valence-corrected chi connectivity index (χ1v) is 6.46. The molecule has 2 heterocycles. The first-order chi connectivity index (χ1) is 8.70. The van der Waals surface area contributed by atoms with Gasteiger partial charge >= 0.3 is 0 Å². The van der Waals surface area contributed by atoms with E-state index in [1.165, 1.54) is 0 Å². The molecular weight excluding hydrogens is 226 g/mol. The number of hydrogen-bond acceptors (Lipinski definition) is 2. The molecule has 0 N–H and O–H groups in total. The minimum absolute atomic E-state index is 0.0584. The van der Waals surface area contributed by atoms with Gasteiger partial charge in [-0.05, 0) is 38.8 Å². The fourth-order valence-electron chi connectivity index (χ4n) is 2.35. The molecule has 18 heavy (non-hydrogen) atoms. The van der Waals surface area contributed by atoms with E-state index in [4.69, 9.17) is 0 Å². The smallest absolute Gasteiger partial charge is 0.274 e. The van der Waals surface area contributed by atoms with E-state index in [1.807, 2.05) is 47.5 Å². The fraction of sp³-hybridized carbons (Fsp3) is 0.429. The van der Waals surface area contributed by atoms with Crippen LogP contribution in [0, 0.1) is 6.92 Å². The maximum atomic E-state index is 12.4. The van der Waals surface area contributed by atoms with Crippen LogP contribution in [-0.2, 0) is 0 Å². The van der Waals surface area contributed by atoms with Gasteiger partial charge in [-0.3, -0.25) is 4.79 Å². The maximum Gasteiger partial charge on any atom is 0.274 e. The topological polar surface area (TPSA) is 37.6 Å². The lowest BCUT2D eigenvalue weighted by Crippen LogP contribution is -2.33. The van der Waals surface area contributed by atoms with Crippen LogP contribution >= 0.6 is 0 Å². The summed E-state index contributed by atoms with van der Waals surface area (Å²) < 4.78 is 1.97. The molecule has 94 valence electrons. The van der Waals surface area contributed by atoms with Crippen molar-refractivity contribution in [1.82, 2.24) is 14.3 Å². The van der Waals surface area contributed by atoms with Gasteiger partial charge in [0.15, 0.2) is 0 Å². The Morgan fingerprint density at radius 3 is 2.89 bits per heavy atom. The highest BCUT2D eigenvalue weighted by molar-refractivity contribution is 5.93. The summed E-state index contributed by atoms with van der Waals surface area (Å²) >= 11 is 0. The average Bonchev–Trinajstić information content (AvgIpc) is 3.08. The van der Waals surface area contributed by atoms with Crippen molar-refractivity contribution in [2.45, 2.75) is 32.7 Å². The molecule has 1 aliphatic rings. The molecule has 0 atom stereocenters. The quantitative estimate of drug-likeness (QED) is 0.829. The van der Waals surface area contributed by atoms with E-state index in [0.29, 0.717) is 11.7 Å². The second kappa shape index (κ2) is 4.12. The van der Waals surface area contributed by atoms with E-state index in [1.54, 1.807) is 0 Å². The van der Waals surface area contributed by atoms with Gasteiger partial charge in [0.05, 0.1) is 0 Å². The third-order valence-corrected chi connectivity index (χ3v) is 3.50. The van der Waals surface area contributed by atoms with Crippen molar-refractivity contribution in [3.05, 3.63) is 35.8 Å². The highest BCUT2D eigenvalue weighted by atomic mass is 16.2. The van der Waals surface area contributed by atoms with E-state index in [-0.39, 0.29) is 5.91 Å². The normalized spacial score (nSPS) is 15.0. The molecule has 1 amide bonds. The van der Waals surface area contributed by atoms with Crippen LogP contribution in [0.1, 0.15) is 35.9 Å². The molecule has 3 rings (SSSR count). The molecule has 0 spiro atoms. The molecule has 1 aliphatic carbocycles. The summed E-state index contributed by atoms with van der Waals surface area (Å²) in [5, 5.41) is 0. The van der Waals surface area contributed by atoms with Crippen LogP contribution in [0.5, 0.6) is 0 Å². The Morgan fingerprint density at radius 1 is 1.50 bits per heavy atom. The van der Waals surface area contributed by atoms with Crippen LogP contribution in [0.4, 0.5) is 0 Å². The molecule has 0 radical (unpaired) electrons. The number of amides is 1. The summed E-state index contributed by atoms with van der Waals surface area (Å²) in [6.45, 7) is 4.80. The number of rotatable bonds is 3. The van der Waals surface area contributed by atoms with Gasteiger partial charge in [0.2, 0.25) is 0 Å². The van der Waals surface area contributed by atoms with Crippen molar-refractivity contribution in [2.24, 2.45) is 0 Å². The van der Waals surface area contributed by atoms with Crippen molar-refractivity contribution < 1.29 is 4.79 Å². The summed E-state index contributed by atoms with van der Waals surface area (Å²) in [7, 11) is 0. The Bertz CT molecular complexity index is 598. The number of carbonyl (C=O) groups excluding carboxylic acids is 1. The zero-order chi connectivity index (χ0) is 12.7. The van der Waals surface area contributed by atoms with Crippen LogP contribution in [0.2, 0.25) is 0 Å². The molecule has 4 nitrogen and oxygen atoms in total. The highest BCUT2D eigenvalue weighted by Crippen LogP contribution is 2.27. The fourth-order valence-corrected chi connectivity index (χ4v) is 2.35. The van der Waals surface area contributed by atoms with Crippen LogP contribution in [-0.4, -0.2) is 32.8 Å². The number of hydrogen-bond donors (Lipinski definition) is 0. The maximum absolute atomic E-state index is 12.4. The lowest BCUT2D eigenvalue weighted by atomic mass is 10.3. The number of aromatic nitrogens is 2. The summed E-state index contributed by atoms with van der Waals surface area (Å²) in [4.78, 5) is 18.7. The predicted molar refractivity (Wildman–Crippen MR) is 69.7 cm³/mol. The molecule has 0 saturated heterocycles. The number of carbonyl (C=O) groups is 1. The molecule has 0 bridgehead atoms. The molecule has 1 saturated carbocycles. The van der Waals surface area contributed by atoms with Crippen molar-refractivity contribution in [2.75, 3.05) is 6.54 Å². The predicted octanol–water partition coefficient (Wildman–Crippen LogP) is 2.27. The summed E-state index contributed by atoms with van der Waals surface area (Å²) in [5.41, 5.74) is 2.48. The number of imidazole rings is 1. The first-order valence-electron chi connectivity index (χ1n) is 6.46. The van der Waals surface area contributed by atoms with Crippen molar-refractivity contribution >= 4 is 11.6 Å². The third kappa shape index (κ3) is 1.78. The van der Waals surface area contributed by atoms with Gasteiger partial charge in [-0.2, -0.15) is 0 Å². The van der Waals surface area contributed by atoms with Crippen LogP contribution < -0.4 is 0 Å². The monoisotopic (exact) mass is 243 g/mol. The van der Waals surface area contributed by atoms with Gasteiger partial charge < -0.3 is 9.30 Å². The molecule has 0 aliphatic heterocycles. The van der Waals surface area contributed by atoms with E-state index in [0.717, 1.165) is 30.7 Å². The number of pyridine rings is 1. The Hall–Kier alpha value is -1.84. The zero-order valence-electron chi connectivity index (χ0n) is 10.8. The van der Waals surface area contributed by atoms with Gasteiger partial charge in [-0.15, -0.1) is 0 Å². The van der Waals surface area contributed by atoms with Gasteiger partial charge in [0.25, 0.3) is 5.91 Å². The number of aryl methyl sites for hydroxylation is 1. The minimum atomic E-state index is 0.0584. The van der Waals surface area contributed by atoms with Crippen LogP contribution in [0.25, 0.3) is 5.65 Å². The number of fused-ring (bicyclic) bond motifs is 1. The van der Waals surface area contributed by atoms with E-state index < -0.39 is 0 Å². The van der Waals surface area contributed by atoms with E-state index in [2.05, 4.69) is 4.98 Å². The van der Waals surface area contributed by atoms with Gasteiger partial charge in [-0.25, -0.2) is 4.98 Å². The molecule has 4 heteroatoms. The second-order valence-corrected chi connectivity index (χ2v) is 4.84. The lowest BCUT2D eigenvalue weighted by molar-refractivity contribution is 0.0747. The summed E-state index contributed by atoms with van der Waals surface area (Å²) in [6, 6.07) is 6.34. The standard InChI is InChI=1S/C14H17N3O/c1-3-16(11-7-8-11)14(18)12-9-17-10(2)5-4-6-13(17)15-12/h4-6,9,11H,3,7-8H2,1-2H3. The second-order valence-electron chi connectivity index (χ2n) is 4.84. The van der Waals surface area contributed by atoms with Crippen molar-refractivity contribution in [1.29, 1.82) is 0 Å². The largest absolute Gasteiger partial charge is 0.335 e. The van der Waals surface area contributed by atoms with Gasteiger partial charge in [0.1, 0.15) is 11.3 Å². The Labute approximate surface area is 106 Å². The van der Waals surface area contributed by atoms with E-state index >= 15 is 0 Å². The van der Waals surface area contributed by atoms with Crippen molar-refractivity contribution in [3.63, 3.8) is 0 Å². The molecule has 2 aromatic rings.